The molecule has 30 heavy (non-hydrogen) atoms. The number of hydrogen-bond donors (Lipinski definition) is 3. The third kappa shape index (κ3) is 5.91. The van der Waals surface area contributed by atoms with E-state index in [9.17, 15) is 9.59 Å². The molecule has 10 nitrogen and oxygen atoms in total. The number of nitrogens with zero attached hydrogens (tertiary/aromatic N) is 5. The molecule has 0 aromatic carbocycles. The van der Waals surface area contributed by atoms with Crippen LogP contribution in [0.1, 0.15) is 40.0 Å². The van der Waals surface area contributed by atoms with Crippen molar-refractivity contribution < 1.29 is 9.59 Å². The van der Waals surface area contributed by atoms with Gasteiger partial charge in [0.1, 0.15) is 12.4 Å². The number of likely N-dealkylation sites (tertiary alicyclic amines) is 1. The highest BCUT2D eigenvalue weighted by molar-refractivity contribution is 5.76. The molecule has 0 radical (unpaired) electrons. The molecule has 0 bridgehead atoms. The minimum atomic E-state index is -0.0930. The first kappa shape index (κ1) is 21.5. The van der Waals surface area contributed by atoms with Gasteiger partial charge < -0.3 is 20.9 Å². The highest BCUT2D eigenvalue weighted by Gasteiger charge is 2.27. The molecule has 0 spiro atoms. The Labute approximate surface area is 176 Å². The van der Waals surface area contributed by atoms with Gasteiger partial charge in [0.05, 0.1) is 11.9 Å². The average molecular weight is 415 g/mol. The molecule has 1 aliphatic rings. The van der Waals surface area contributed by atoms with Crippen molar-refractivity contribution in [1.82, 2.24) is 30.0 Å². The summed E-state index contributed by atoms with van der Waals surface area (Å²) in [5.74, 6) is 1.22. The molecular weight excluding hydrogens is 384 g/mol. The van der Waals surface area contributed by atoms with Crippen LogP contribution in [0, 0.1) is 0 Å². The lowest BCUT2D eigenvalue weighted by molar-refractivity contribution is -0.131. The van der Waals surface area contributed by atoms with E-state index in [1.165, 1.54) is 0 Å². The molecule has 10 heteroatoms. The molecule has 0 saturated carbocycles. The SMILES string of the molecule is CCC(=O)N1CCCC1CNc1ccnc(Nc2cnn(CC(=O)NC(C)C)c2)n1. The van der Waals surface area contributed by atoms with E-state index < -0.39 is 0 Å². The van der Waals surface area contributed by atoms with E-state index in [-0.39, 0.29) is 30.4 Å². The molecule has 3 heterocycles. The summed E-state index contributed by atoms with van der Waals surface area (Å²) in [7, 11) is 0. The first-order valence-corrected chi connectivity index (χ1v) is 10.4. The normalized spacial score (nSPS) is 16.0. The van der Waals surface area contributed by atoms with Crippen LogP contribution in [-0.4, -0.2) is 61.6 Å². The van der Waals surface area contributed by atoms with E-state index in [0.717, 1.165) is 19.4 Å². The second kappa shape index (κ2) is 10.0. The van der Waals surface area contributed by atoms with E-state index in [0.29, 0.717) is 30.4 Å². The van der Waals surface area contributed by atoms with Crippen molar-refractivity contribution >= 4 is 29.3 Å². The molecule has 1 atom stereocenters. The zero-order valence-electron chi connectivity index (χ0n) is 17.8. The molecule has 3 N–H and O–H groups in total. The number of anilines is 3. The molecular formula is C20H30N8O2. The van der Waals surface area contributed by atoms with Gasteiger partial charge >= 0.3 is 0 Å². The van der Waals surface area contributed by atoms with Crippen LogP contribution < -0.4 is 16.0 Å². The molecule has 1 saturated heterocycles. The maximum absolute atomic E-state index is 12.0. The Bertz CT molecular complexity index is 866. The van der Waals surface area contributed by atoms with E-state index in [1.54, 1.807) is 29.3 Å². The van der Waals surface area contributed by atoms with E-state index in [2.05, 4.69) is 31.0 Å². The summed E-state index contributed by atoms with van der Waals surface area (Å²) in [6, 6.07) is 2.08. The van der Waals surface area contributed by atoms with Crippen molar-refractivity contribution in [3.05, 3.63) is 24.7 Å². The monoisotopic (exact) mass is 414 g/mol. The van der Waals surface area contributed by atoms with Gasteiger partial charge in [-0.15, -0.1) is 0 Å². The zero-order valence-corrected chi connectivity index (χ0v) is 17.8. The number of aromatic nitrogens is 4. The van der Waals surface area contributed by atoms with Gasteiger partial charge in [0.25, 0.3) is 0 Å². The van der Waals surface area contributed by atoms with Crippen LogP contribution in [0.3, 0.4) is 0 Å². The Hall–Kier alpha value is -3.17. The molecule has 2 amide bonds. The third-order valence-electron chi connectivity index (χ3n) is 4.82. The van der Waals surface area contributed by atoms with Gasteiger partial charge in [-0.1, -0.05) is 6.92 Å². The predicted octanol–water partition coefficient (Wildman–Crippen LogP) is 1.75. The van der Waals surface area contributed by atoms with Gasteiger partial charge in [-0.2, -0.15) is 10.1 Å². The summed E-state index contributed by atoms with van der Waals surface area (Å²) in [4.78, 5) is 34.6. The standard InChI is InChI=1S/C20H30N8O2/c1-4-19(30)28-9-5-6-16(28)11-22-17-7-8-21-20(26-17)25-15-10-23-27(12-15)13-18(29)24-14(2)3/h7-8,10,12,14,16H,4-6,9,11,13H2,1-3H3,(H,24,29)(H2,21,22,25,26). The van der Waals surface area contributed by atoms with Crippen LogP contribution in [0.2, 0.25) is 0 Å². The van der Waals surface area contributed by atoms with Crippen molar-refractivity contribution in [2.75, 3.05) is 23.7 Å². The topological polar surface area (TPSA) is 117 Å². The Morgan fingerprint density at radius 2 is 2.17 bits per heavy atom. The first-order valence-electron chi connectivity index (χ1n) is 10.4. The lowest BCUT2D eigenvalue weighted by Gasteiger charge is -2.24. The van der Waals surface area contributed by atoms with Crippen LogP contribution in [0.15, 0.2) is 24.7 Å². The van der Waals surface area contributed by atoms with Gasteiger partial charge in [0.2, 0.25) is 17.8 Å². The van der Waals surface area contributed by atoms with Gasteiger partial charge in [0.15, 0.2) is 0 Å². The van der Waals surface area contributed by atoms with Crippen LogP contribution in [0.5, 0.6) is 0 Å². The maximum atomic E-state index is 12.0. The average Bonchev–Trinajstić information content (AvgIpc) is 3.34. The summed E-state index contributed by atoms with van der Waals surface area (Å²) in [5, 5.41) is 13.4. The summed E-state index contributed by atoms with van der Waals surface area (Å²) in [6.07, 6.45) is 7.59. The highest BCUT2D eigenvalue weighted by atomic mass is 16.2. The number of rotatable bonds is 9. The summed E-state index contributed by atoms with van der Waals surface area (Å²) in [6.45, 7) is 7.36. The zero-order chi connectivity index (χ0) is 21.5. The lowest BCUT2D eigenvalue weighted by atomic mass is 10.2. The van der Waals surface area contributed by atoms with Crippen LogP contribution in [0.25, 0.3) is 0 Å². The van der Waals surface area contributed by atoms with Gasteiger partial charge in [-0.3, -0.25) is 14.3 Å². The molecule has 2 aromatic rings. The number of nitrogens with one attached hydrogen (secondary N) is 3. The Balaban J connectivity index is 1.54. The minimum Gasteiger partial charge on any atom is -0.368 e. The van der Waals surface area contributed by atoms with E-state index >= 15 is 0 Å². The highest BCUT2D eigenvalue weighted by Crippen LogP contribution is 2.19. The quantitative estimate of drug-likeness (QED) is 0.572. The molecule has 0 aliphatic carbocycles. The Kier molecular flexibility index (Phi) is 7.21. The van der Waals surface area contributed by atoms with Crippen molar-refractivity contribution in [2.24, 2.45) is 0 Å². The summed E-state index contributed by atoms with van der Waals surface area (Å²) >= 11 is 0. The summed E-state index contributed by atoms with van der Waals surface area (Å²) < 4.78 is 1.56. The lowest BCUT2D eigenvalue weighted by Crippen LogP contribution is -2.39. The molecule has 1 aliphatic heterocycles. The minimum absolute atomic E-state index is 0.0886. The van der Waals surface area contributed by atoms with Crippen molar-refractivity contribution in [2.45, 2.75) is 58.7 Å². The number of amides is 2. The Morgan fingerprint density at radius 1 is 1.33 bits per heavy atom. The van der Waals surface area contributed by atoms with Crippen LogP contribution in [-0.2, 0) is 16.1 Å². The van der Waals surface area contributed by atoms with Crippen molar-refractivity contribution in [1.29, 1.82) is 0 Å². The smallest absolute Gasteiger partial charge is 0.241 e. The Morgan fingerprint density at radius 3 is 2.93 bits per heavy atom. The molecule has 3 rings (SSSR count). The molecule has 1 unspecified atom stereocenters. The maximum Gasteiger partial charge on any atom is 0.241 e. The van der Waals surface area contributed by atoms with Crippen molar-refractivity contribution in [3.8, 4) is 0 Å². The fourth-order valence-electron chi connectivity index (χ4n) is 3.48. The van der Waals surface area contributed by atoms with Gasteiger partial charge in [0, 0.05) is 44.0 Å². The van der Waals surface area contributed by atoms with E-state index in [1.807, 2.05) is 25.7 Å². The molecule has 2 aromatic heterocycles. The van der Waals surface area contributed by atoms with Gasteiger partial charge in [-0.25, -0.2) is 4.98 Å². The predicted molar refractivity (Wildman–Crippen MR) is 114 cm³/mol. The fourth-order valence-corrected chi connectivity index (χ4v) is 3.48. The van der Waals surface area contributed by atoms with Gasteiger partial charge in [-0.05, 0) is 32.8 Å². The second-order valence-corrected chi connectivity index (χ2v) is 7.66. The molecule has 162 valence electrons. The first-order chi connectivity index (χ1) is 14.4. The van der Waals surface area contributed by atoms with Crippen LogP contribution in [0.4, 0.5) is 17.5 Å². The number of hydrogen-bond acceptors (Lipinski definition) is 7. The fraction of sp³-hybridized carbons (Fsp3) is 0.550. The molecule has 1 fully saturated rings. The second-order valence-electron chi connectivity index (χ2n) is 7.66. The van der Waals surface area contributed by atoms with Crippen molar-refractivity contribution in [3.63, 3.8) is 0 Å². The third-order valence-corrected chi connectivity index (χ3v) is 4.82. The number of carbonyl (C=O) groups excluding carboxylic acids is 2. The summed E-state index contributed by atoms with van der Waals surface area (Å²) in [5.41, 5.74) is 0.694. The van der Waals surface area contributed by atoms with E-state index in [4.69, 9.17) is 0 Å². The largest absolute Gasteiger partial charge is 0.368 e. The number of carbonyl (C=O) groups is 2. The van der Waals surface area contributed by atoms with Crippen LogP contribution >= 0.6 is 0 Å².